The molecule has 9 heteroatoms. The number of hydrogen-bond acceptors (Lipinski definition) is 5. The van der Waals surface area contributed by atoms with Gasteiger partial charge in [-0.25, -0.2) is 18.7 Å². The highest BCUT2D eigenvalue weighted by molar-refractivity contribution is 7.15. The molecular formula is C21H16F2N4O2S. The molecule has 0 atom stereocenters. The quantitative estimate of drug-likeness (QED) is 0.491. The summed E-state index contributed by atoms with van der Waals surface area (Å²) in [6.07, 6.45) is 2.37. The van der Waals surface area contributed by atoms with Gasteiger partial charge in [0.05, 0.1) is 10.9 Å². The zero-order valence-corrected chi connectivity index (χ0v) is 16.4. The molecule has 0 aliphatic carbocycles. The van der Waals surface area contributed by atoms with Crippen molar-refractivity contribution in [1.82, 2.24) is 15.0 Å². The second-order valence-corrected chi connectivity index (χ2v) is 7.75. The molecule has 2 heterocycles. The van der Waals surface area contributed by atoms with Crippen molar-refractivity contribution in [2.45, 2.75) is 19.3 Å². The first-order valence-electron chi connectivity index (χ1n) is 9.14. The predicted molar refractivity (Wildman–Crippen MR) is 111 cm³/mol. The van der Waals surface area contributed by atoms with Crippen molar-refractivity contribution in [2.75, 3.05) is 5.32 Å². The molecule has 0 unspecified atom stereocenters. The SMILES string of the molecule is O=C(CCc1nc2ccccc2c(=O)[nH]1)Nc1ncc(Cc2ccc(F)c(F)c2)s1. The molecule has 0 spiro atoms. The van der Waals surface area contributed by atoms with Gasteiger partial charge in [-0.3, -0.25) is 9.59 Å². The maximum Gasteiger partial charge on any atom is 0.258 e. The summed E-state index contributed by atoms with van der Waals surface area (Å²) in [5.74, 6) is -1.62. The molecule has 0 aliphatic rings. The van der Waals surface area contributed by atoms with E-state index in [4.69, 9.17) is 0 Å². The van der Waals surface area contributed by atoms with Gasteiger partial charge >= 0.3 is 0 Å². The van der Waals surface area contributed by atoms with E-state index in [-0.39, 0.29) is 24.3 Å². The minimum atomic E-state index is -0.897. The van der Waals surface area contributed by atoms with Crippen molar-refractivity contribution < 1.29 is 13.6 Å². The van der Waals surface area contributed by atoms with Crippen LogP contribution in [0.1, 0.15) is 22.7 Å². The summed E-state index contributed by atoms with van der Waals surface area (Å²) in [6, 6.07) is 10.7. The number of nitrogens with one attached hydrogen (secondary N) is 2. The van der Waals surface area contributed by atoms with E-state index in [0.29, 0.717) is 33.8 Å². The van der Waals surface area contributed by atoms with E-state index in [1.54, 1.807) is 30.5 Å². The summed E-state index contributed by atoms with van der Waals surface area (Å²) in [5, 5.41) is 3.62. The van der Waals surface area contributed by atoms with Gasteiger partial charge in [-0.15, -0.1) is 11.3 Å². The fourth-order valence-electron chi connectivity index (χ4n) is 2.96. The lowest BCUT2D eigenvalue weighted by atomic mass is 10.1. The van der Waals surface area contributed by atoms with Gasteiger partial charge in [0.15, 0.2) is 16.8 Å². The van der Waals surface area contributed by atoms with Crippen LogP contribution in [0, 0.1) is 11.6 Å². The zero-order chi connectivity index (χ0) is 21.1. The van der Waals surface area contributed by atoms with E-state index >= 15 is 0 Å². The van der Waals surface area contributed by atoms with Crippen molar-refractivity contribution in [3.8, 4) is 0 Å². The number of hydrogen-bond donors (Lipinski definition) is 2. The number of carbonyl (C=O) groups is 1. The molecule has 0 saturated heterocycles. The summed E-state index contributed by atoms with van der Waals surface area (Å²) < 4.78 is 26.3. The molecule has 0 saturated carbocycles. The third-order valence-corrected chi connectivity index (χ3v) is 5.33. The molecule has 152 valence electrons. The minimum absolute atomic E-state index is 0.124. The highest BCUT2D eigenvalue weighted by Gasteiger charge is 2.10. The fraction of sp³-hybridized carbons (Fsp3) is 0.143. The van der Waals surface area contributed by atoms with E-state index in [1.165, 1.54) is 17.4 Å². The van der Waals surface area contributed by atoms with Gasteiger partial charge < -0.3 is 10.3 Å². The Hall–Kier alpha value is -3.46. The first-order valence-corrected chi connectivity index (χ1v) is 9.96. The van der Waals surface area contributed by atoms with Crippen molar-refractivity contribution >= 4 is 33.3 Å². The number of fused-ring (bicyclic) bond motifs is 1. The van der Waals surface area contributed by atoms with Gasteiger partial charge in [0, 0.05) is 30.3 Å². The third-order valence-electron chi connectivity index (χ3n) is 4.41. The van der Waals surface area contributed by atoms with Crippen LogP contribution in [0.4, 0.5) is 13.9 Å². The molecular weight excluding hydrogens is 410 g/mol. The monoisotopic (exact) mass is 426 g/mol. The number of aryl methyl sites for hydroxylation is 1. The van der Waals surface area contributed by atoms with Gasteiger partial charge in [-0.05, 0) is 29.8 Å². The van der Waals surface area contributed by atoms with Crippen LogP contribution in [-0.4, -0.2) is 20.9 Å². The standard InChI is InChI=1S/C21H16F2N4O2S/c22-15-6-5-12(10-16(15)23)9-13-11-24-21(30-13)27-19(28)8-7-18-25-17-4-2-1-3-14(17)20(29)26-18/h1-6,10-11H,7-9H2,(H,24,27,28)(H,25,26,29). The van der Waals surface area contributed by atoms with Crippen LogP contribution in [0.3, 0.4) is 0 Å². The molecule has 0 aliphatic heterocycles. The Bertz CT molecular complexity index is 1290. The average Bonchev–Trinajstić information content (AvgIpc) is 3.16. The summed E-state index contributed by atoms with van der Waals surface area (Å²) in [4.78, 5) is 36.3. The van der Waals surface area contributed by atoms with Crippen LogP contribution in [0.5, 0.6) is 0 Å². The van der Waals surface area contributed by atoms with Crippen LogP contribution < -0.4 is 10.9 Å². The van der Waals surface area contributed by atoms with Crippen molar-refractivity contribution in [1.29, 1.82) is 0 Å². The van der Waals surface area contributed by atoms with E-state index in [2.05, 4.69) is 20.3 Å². The highest BCUT2D eigenvalue weighted by Crippen LogP contribution is 2.22. The maximum absolute atomic E-state index is 13.3. The second-order valence-electron chi connectivity index (χ2n) is 6.63. The van der Waals surface area contributed by atoms with Crippen LogP contribution in [0.15, 0.2) is 53.5 Å². The first kappa shape index (κ1) is 19.8. The predicted octanol–water partition coefficient (Wildman–Crippen LogP) is 3.82. The molecule has 2 aromatic carbocycles. The van der Waals surface area contributed by atoms with E-state index in [1.807, 2.05) is 0 Å². The van der Waals surface area contributed by atoms with E-state index < -0.39 is 11.6 Å². The molecule has 0 radical (unpaired) electrons. The summed E-state index contributed by atoms with van der Waals surface area (Å²) in [6.45, 7) is 0. The van der Waals surface area contributed by atoms with E-state index in [0.717, 1.165) is 17.0 Å². The number of benzene rings is 2. The van der Waals surface area contributed by atoms with Crippen LogP contribution in [-0.2, 0) is 17.6 Å². The number of amides is 1. The van der Waals surface area contributed by atoms with Gasteiger partial charge in [0.2, 0.25) is 5.91 Å². The van der Waals surface area contributed by atoms with Crippen molar-refractivity contribution in [3.63, 3.8) is 0 Å². The number of nitrogens with zero attached hydrogens (tertiary/aromatic N) is 2. The normalized spacial score (nSPS) is 11.0. The van der Waals surface area contributed by atoms with Crippen LogP contribution in [0.2, 0.25) is 0 Å². The van der Waals surface area contributed by atoms with Gasteiger partial charge in [0.1, 0.15) is 5.82 Å². The lowest BCUT2D eigenvalue weighted by Crippen LogP contribution is -2.16. The molecule has 4 aromatic rings. The smallest absolute Gasteiger partial charge is 0.258 e. The largest absolute Gasteiger partial charge is 0.310 e. The van der Waals surface area contributed by atoms with Crippen molar-refractivity contribution in [3.05, 3.63) is 86.9 Å². The van der Waals surface area contributed by atoms with E-state index in [9.17, 15) is 18.4 Å². The molecule has 4 rings (SSSR count). The Labute approximate surface area is 173 Å². The summed E-state index contributed by atoms with van der Waals surface area (Å²) in [5.41, 5.74) is 0.956. The van der Waals surface area contributed by atoms with Crippen LogP contribution >= 0.6 is 11.3 Å². The number of para-hydroxylation sites is 1. The molecule has 2 aromatic heterocycles. The molecule has 2 N–H and O–H groups in total. The third kappa shape index (κ3) is 4.57. The van der Waals surface area contributed by atoms with Crippen molar-refractivity contribution in [2.24, 2.45) is 0 Å². The second kappa shape index (κ2) is 8.50. The Kier molecular flexibility index (Phi) is 5.62. The summed E-state index contributed by atoms with van der Waals surface area (Å²) >= 11 is 1.26. The average molecular weight is 426 g/mol. The maximum atomic E-state index is 13.3. The molecule has 0 fully saturated rings. The van der Waals surface area contributed by atoms with Gasteiger partial charge in [-0.1, -0.05) is 18.2 Å². The Balaban J connectivity index is 1.35. The number of rotatable bonds is 6. The number of aromatic nitrogens is 3. The van der Waals surface area contributed by atoms with Gasteiger partial charge in [-0.2, -0.15) is 0 Å². The number of anilines is 1. The molecule has 0 bridgehead atoms. The lowest BCUT2D eigenvalue weighted by Gasteiger charge is -2.03. The Morgan fingerprint density at radius 1 is 1.13 bits per heavy atom. The molecule has 30 heavy (non-hydrogen) atoms. The number of thiazole rings is 1. The number of H-pyrrole nitrogens is 1. The Morgan fingerprint density at radius 2 is 1.97 bits per heavy atom. The first-order chi connectivity index (χ1) is 14.5. The Morgan fingerprint density at radius 3 is 2.80 bits per heavy atom. The topological polar surface area (TPSA) is 87.7 Å². The number of aromatic amines is 1. The van der Waals surface area contributed by atoms with Gasteiger partial charge in [0.25, 0.3) is 5.56 Å². The molecule has 1 amide bonds. The minimum Gasteiger partial charge on any atom is -0.310 e. The lowest BCUT2D eigenvalue weighted by molar-refractivity contribution is -0.116. The summed E-state index contributed by atoms with van der Waals surface area (Å²) in [7, 11) is 0. The zero-order valence-electron chi connectivity index (χ0n) is 15.6. The fourth-order valence-corrected chi connectivity index (χ4v) is 3.83. The number of carbonyl (C=O) groups excluding carboxylic acids is 1. The molecule has 6 nitrogen and oxygen atoms in total. The van der Waals surface area contributed by atoms with Crippen LogP contribution in [0.25, 0.3) is 10.9 Å². The number of halogens is 2. The highest BCUT2D eigenvalue weighted by atomic mass is 32.1.